The Morgan fingerprint density at radius 1 is 1.40 bits per heavy atom. The van der Waals surface area contributed by atoms with Crippen LogP contribution in [0, 0.1) is 6.92 Å². The van der Waals surface area contributed by atoms with E-state index in [9.17, 15) is 18.0 Å². The predicted octanol–water partition coefficient (Wildman–Crippen LogP) is 2.90. The fraction of sp³-hybridized carbons (Fsp3) is 0.429. The first-order chi connectivity index (χ1) is 14.0. The van der Waals surface area contributed by atoms with E-state index < -0.39 is 15.5 Å². The summed E-state index contributed by atoms with van der Waals surface area (Å²) in [6.45, 7) is 7.60. The van der Waals surface area contributed by atoms with Gasteiger partial charge in [-0.15, -0.1) is 0 Å². The lowest BCUT2D eigenvalue weighted by molar-refractivity contribution is -0.130. The first kappa shape index (κ1) is 22.4. The molecule has 1 saturated heterocycles. The third-order valence-corrected chi connectivity index (χ3v) is 7.34. The SMILES string of the molecule is C=C(C)COc1cc2oc(=O)c(CC(=O)N(C)[C@@H]3CCS(=O)(=O)C3)c(C)c2cc1Cl. The summed E-state index contributed by atoms with van der Waals surface area (Å²) in [7, 11) is -1.55. The number of fused-ring (bicyclic) bond motifs is 1. The van der Waals surface area contributed by atoms with Gasteiger partial charge in [-0.25, -0.2) is 13.2 Å². The summed E-state index contributed by atoms with van der Waals surface area (Å²) in [5.41, 5.74) is 1.33. The zero-order valence-corrected chi connectivity index (χ0v) is 18.7. The van der Waals surface area contributed by atoms with Crippen molar-refractivity contribution < 1.29 is 22.4 Å². The molecule has 1 fully saturated rings. The number of likely N-dealkylation sites (N-methyl/N-ethyl adjacent to an activating group) is 1. The van der Waals surface area contributed by atoms with Crippen molar-refractivity contribution in [1.82, 2.24) is 4.90 Å². The Kier molecular flexibility index (Phi) is 6.29. The van der Waals surface area contributed by atoms with Crippen LogP contribution in [0.15, 0.2) is 33.5 Å². The molecule has 0 radical (unpaired) electrons. The molecule has 1 aliphatic rings. The largest absolute Gasteiger partial charge is 0.488 e. The lowest BCUT2D eigenvalue weighted by Crippen LogP contribution is -2.39. The van der Waals surface area contributed by atoms with E-state index in [-0.39, 0.29) is 42.0 Å². The molecule has 0 N–H and O–H groups in total. The van der Waals surface area contributed by atoms with Crippen LogP contribution >= 0.6 is 11.6 Å². The van der Waals surface area contributed by atoms with Crippen molar-refractivity contribution in [3.8, 4) is 5.75 Å². The molecule has 0 spiro atoms. The Balaban J connectivity index is 1.89. The Hall–Kier alpha value is -2.32. The number of amides is 1. The van der Waals surface area contributed by atoms with Gasteiger partial charge in [0.05, 0.1) is 28.5 Å². The second kappa shape index (κ2) is 8.43. The van der Waals surface area contributed by atoms with Crippen LogP contribution in [0.2, 0.25) is 5.02 Å². The standard InChI is InChI=1S/C21H24ClNO6S/c1-12(2)10-28-19-9-18-15(7-17(19)22)13(3)16(21(25)29-18)8-20(24)23(4)14-5-6-30(26,27)11-14/h7,9,14H,1,5-6,8,10-11H2,2-4H3/t14-/m1/s1. The maximum atomic E-state index is 12.7. The minimum atomic E-state index is -3.12. The van der Waals surface area contributed by atoms with Crippen LogP contribution in [-0.4, -0.2) is 50.4 Å². The minimum Gasteiger partial charge on any atom is -0.488 e. The fourth-order valence-electron chi connectivity index (χ4n) is 3.47. The van der Waals surface area contributed by atoms with E-state index >= 15 is 0 Å². The molecule has 2 heterocycles. The molecule has 30 heavy (non-hydrogen) atoms. The molecule has 1 atom stereocenters. The van der Waals surface area contributed by atoms with E-state index in [0.717, 1.165) is 5.57 Å². The zero-order valence-electron chi connectivity index (χ0n) is 17.2. The molecule has 0 aliphatic carbocycles. The van der Waals surface area contributed by atoms with E-state index in [0.29, 0.717) is 33.7 Å². The van der Waals surface area contributed by atoms with Crippen molar-refractivity contribution in [3.63, 3.8) is 0 Å². The lowest BCUT2D eigenvalue weighted by Gasteiger charge is -2.23. The topological polar surface area (TPSA) is 93.9 Å². The molecular weight excluding hydrogens is 430 g/mol. The maximum absolute atomic E-state index is 12.7. The van der Waals surface area contributed by atoms with Crippen molar-refractivity contribution in [2.45, 2.75) is 32.7 Å². The molecule has 1 aliphatic heterocycles. The van der Waals surface area contributed by atoms with Gasteiger partial charge in [-0.3, -0.25) is 4.79 Å². The second-order valence-corrected chi connectivity index (χ2v) is 10.4. The van der Waals surface area contributed by atoms with Crippen LogP contribution in [0.1, 0.15) is 24.5 Å². The highest BCUT2D eigenvalue weighted by Gasteiger charge is 2.33. The highest BCUT2D eigenvalue weighted by molar-refractivity contribution is 7.91. The number of rotatable bonds is 6. The molecule has 1 amide bonds. The minimum absolute atomic E-state index is 0.0525. The smallest absolute Gasteiger partial charge is 0.340 e. The van der Waals surface area contributed by atoms with Crippen molar-refractivity contribution in [3.05, 3.63) is 50.9 Å². The molecule has 7 nitrogen and oxygen atoms in total. The number of nitrogens with zero attached hydrogens (tertiary/aromatic N) is 1. The summed E-state index contributed by atoms with van der Waals surface area (Å²) in [6, 6.07) is 2.82. The normalized spacial score (nSPS) is 17.8. The van der Waals surface area contributed by atoms with Gasteiger partial charge in [-0.1, -0.05) is 18.2 Å². The first-order valence-electron chi connectivity index (χ1n) is 9.47. The number of sulfone groups is 1. The summed E-state index contributed by atoms with van der Waals surface area (Å²) >= 11 is 6.31. The Morgan fingerprint density at radius 3 is 2.70 bits per heavy atom. The summed E-state index contributed by atoms with van der Waals surface area (Å²) in [5.74, 6) is 0.0594. The van der Waals surface area contributed by atoms with Crippen LogP contribution in [0.3, 0.4) is 0 Å². The first-order valence-corrected chi connectivity index (χ1v) is 11.7. The maximum Gasteiger partial charge on any atom is 0.340 e. The molecule has 0 saturated carbocycles. The molecule has 1 aromatic heterocycles. The van der Waals surface area contributed by atoms with E-state index in [1.807, 2.05) is 6.92 Å². The number of halogens is 1. The molecule has 0 unspecified atom stereocenters. The molecule has 9 heteroatoms. The van der Waals surface area contributed by atoms with Gasteiger partial charge in [0.15, 0.2) is 9.84 Å². The number of benzene rings is 1. The van der Waals surface area contributed by atoms with Crippen LogP contribution in [0.5, 0.6) is 5.75 Å². The van der Waals surface area contributed by atoms with Crippen molar-refractivity contribution in [1.29, 1.82) is 0 Å². The van der Waals surface area contributed by atoms with Crippen molar-refractivity contribution >= 4 is 38.3 Å². The van der Waals surface area contributed by atoms with Gasteiger partial charge < -0.3 is 14.1 Å². The molecule has 0 bridgehead atoms. The Morgan fingerprint density at radius 2 is 2.10 bits per heavy atom. The summed E-state index contributed by atoms with van der Waals surface area (Å²) < 4.78 is 34.4. The van der Waals surface area contributed by atoms with Gasteiger partial charge in [0.1, 0.15) is 17.9 Å². The summed E-state index contributed by atoms with van der Waals surface area (Å²) in [6.07, 6.45) is 0.223. The average Bonchev–Trinajstić information content (AvgIpc) is 3.03. The van der Waals surface area contributed by atoms with E-state index in [4.69, 9.17) is 20.8 Å². The van der Waals surface area contributed by atoms with Crippen molar-refractivity contribution in [2.75, 3.05) is 25.2 Å². The zero-order chi connectivity index (χ0) is 22.2. The summed E-state index contributed by atoms with van der Waals surface area (Å²) in [5, 5.41) is 0.961. The van der Waals surface area contributed by atoms with Crippen LogP contribution in [-0.2, 0) is 21.1 Å². The number of hydrogen-bond acceptors (Lipinski definition) is 6. The van der Waals surface area contributed by atoms with Gasteiger partial charge in [-0.05, 0) is 37.5 Å². The monoisotopic (exact) mass is 453 g/mol. The lowest BCUT2D eigenvalue weighted by atomic mass is 10.0. The molecule has 1 aromatic carbocycles. The van der Waals surface area contributed by atoms with Crippen LogP contribution < -0.4 is 10.4 Å². The van der Waals surface area contributed by atoms with E-state index in [2.05, 4.69) is 6.58 Å². The number of aryl methyl sites for hydroxylation is 1. The number of hydrogen-bond donors (Lipinski definition) is 0. The third-order valence-electron chi connectivity index (χ3n) is 5.29. The molecular formula is C21H24ClNO6S. The Bertz CT molecular complexity index is 1180. The van der Waals surface area contributed by atoms with Gasteiger partial charge in [0, 0.05) is 24.5 Å². The third kappa shape index (κ3) is 4.70. The highest BCUT2D eigenvalue weighted by Crippen LogP contribution is 2.32. The summed E-state index contributed by atoms with van der Waals surface area (Å²) in [4.78, 5) is 26.7. The molecule has 162 valence electrons. The van der Waals surface area contributed by atoms with E-state index in [1.165, 1.54) is 4.90 Å². The predicted molar refractivity (Wildman–Crippen MR) is 116 cm³/mol. The van der Waals surface area contributed by atoms with Gasteiger partial charge in [0.2, 0.25) is 5.91 Å². The number of carbonyl (C=O) groups excluding carboxylic acids is 1. The molecule has 3 rings (SSSR count). The quantitative estimate of drug-likeness (QED) is 0.493. The van der Waals surface area contributed by atoms with E-state index in [1.54, 1.807) is 26.1 Å². The molecule has 2 aromatic rings. The average molecular weight is 454 g/mol. The number of ether oxygens (including phenoxy) is 1. The second-order valence-electron chi connectivity index (χ2n) is 7.76. The van der Waals surface area contributed by atoms with Crippen LogP contribution in [0.25, 0.3) is 11.0 Å². The van der Waals surface area contributed by atoms with Crippen molar-refractivity contribution in [2.24, 2.45) is 0 Å². The van der Waals surface area contributed by atoms with Crippen LogP contribution in [0.4, 0.5) is 0 Å². The number of carbonyl (C=O) groups is 1. The van der Waals surface area contributed by atoms with Gasteiger partial charge >= 0.3 is 5.63 Å². The van der Waals surface area contributed by atoms with Gasteiger partial charge in [-0.2, -0.15) is 0 Å². The highest BCUT2D eigenvalue weighted by atomic mass is 35.5. The fourth-order valence-corrected chi connectivity index (χ4v) is 5.46. The Labute approximate surface area is 180 Å². The van der Waals surface area contributed by atoms with Gasteiger partial charge in [0.25, 0.3) is 0 Å².